The molecule has 8 heteroatoms. The van der Waals surface area contributed by atoms with Crippen LogP contribution in [0.15, 0.2) is 33.3 Å². The van der Waals surface area contributed by atoms with Gasteiger partial charge in [0.05, 0.1) is 10.7 Å². The van der Waals surface area contributed by atoms with E-state index in [4.69, 9.17) is 10.6 Å². The molecule has 0 aliphatic carbocycles. The molecule has 0 bridgehead atoms. The lowest BCUT2D eigenvalue weighted by molar-refractivity contribution is 0.418. The Morgan fingerprint density at radius 2 is 2.11 bits per heavy atom. The molecule has 1 heterocycles. The first-order valence-corrected chi connectivity index (χ1v) is 6.31. The van der Waals surface area contributed by atoms with Gasteiger partial charge in [-0.05, 0) is 34.1 Å². The Kier molecular flexibility index (Phi) is 4.10. The van der Waals surface area contributed by atoms with Gasteiger partial charge in [0, 0.05) is 4.47 Å². The Balaban J connectivity index is 2.33. The van der Waals surface area contributed by atoms with Crippen LogP contribution >= 0.6 is 31.9 Å². The molecule has 0 spiro atoms. The molecule has 3 N–H and O–H groups in total. The summed E-state index contributed by atoms with van der Waals surface area (Å²) in [7, 11) is 0. The second-order valence-corrected chi connectivity index (χ2v) is 4.94. The molecule has 1 aromatic heterocycles. The minimum atomic E-state index is -0.677. The molecule has 0 saturated carbocycles. The van der Waals surface area contributed by atoms with Crippen LogP contribution in [-0.2, 0) is 0 Å². The molecule has 1 aromatic carbocycles. The lowest BCUT2D eigenvalue weighted by Crippen LogP contribution is -2.11. The van der Waals surface area contributed by atoms with Crippen molar-refractivity contribution in [1.82, 2.24) is 9.97 Å². The summed E-state index contributed by atoms with van der Waals surface area (Å²) in [5.74, 6) is 4.76. The van der Waals surface area contributed by atoms with Crippen molar-refractivity contribution in [1.29, 1.82) is 0 Å². The van der Waals surface area contributed by atoms with Gasteiger partial charge in [0.25, 0.3) is 5.88 Å². The van der Waals surface area contributed by atoms with Crippen molar-refractivity contribution in [3.8, 4) is 11.6 Å². The van der Waals surface area contributed by atoms with Gasteiger partial charge in [-0.15, -0.1) is 0 Å². The summed E-state index contributed by atoms with van der Waals surface area (Å²) in [4.78, 5) is 7.39. The molecule has 0 amide bonds. The van der Waals surface area contributed by atoms with Gasteiger partial charge in [-0.25, -0.2) is 10.8 Å². The number of nitrogens with one attached hydrogen (secondary N) is 1. The van der Waals surface area contributed by atoms with Crippen LogP contribution in [0, 0.1) is 5.82 Å². The first-order chi connectivity index (χ1) is 8.60. The third-order valence-corrected chi connectivity index (χ3v) is 3.05. The van der Waals surface area contributed by atoms with E-state index < -0.39 is 5.82 Å². The number of ether oxygens (including phenoxy) is 1. The fourth-order valence-corrected chi connectivity index (χ4v) is 2.28. The van der Waals surface area contributed by atoms with Gasteiger partial charge in [0.15, 0.2) is 0 Å². The van der Waals surface area contributed by atoms with Gasteiger partial charge < -0.3 is 4.74 Å². The average molecular weight is 378 g/mol. The molecule has 0 aliphatic rings. The number of rotatable bonds is 3. The standard InChI is InChI=1S/C10H7Br2FN4O/c11-5-1-2-8(6(12)3-5)18-9-7(13)4-15-10(16-9)17-14/h1-4H,14H2,(H,15,16,17). The summed E-state index contributed by atoms with van der Waals surface area (Å²) in [6.07, 6.45) is 0.976. The number of hydrazine groups is 1. The van der Waals surface area contributed by atoms with Crippen LogP contribution in [0.2, 0.25) is 0 Å². The second-order valence-electron chi connectivity index (χ2n) is 3.17. The van der Waals surface area contributed by atoms with Gasteiger partial charge in [0.2, 0.25) is 11.8 Å². The predicted molar refractivity (Wildman–Crippen MR) is 71.7 cm³/mol. The maximum Gasteiger partial charge on any atom is 0.260 e. The lowest BCUT2D eigenvalue weighted by Gasteiger charge is -2.08. The fourth-order valence-electron chi connectivity index (χ4n) is 1.15. The van der Waals surface area contributed by atoms with E-state index in [-0.39, 0.29) is 11.8 Å². The van der Waals surface area contributed by atoms with Crippen LogP contribution in [0.5, 0.6) is 11.6 Å². The molecule has 94 valence electrons. The first kappa shape index (κ1) is 13.2. The molecule has 0 saturated heterocycles. The Hall–Kier alpha value is -1.25. The number of hydrogen-bond acceptors (Lipinski definition) is 5. The normalized spacial score (nSPS) is 10.2. The number of anilines is 1. The van der Waals surface area contributed by atoms with Crippen molar-refractivity contribution < 1.29 is 9.13 Å². The number of nitrogen functional groups attached to an aromatic ring is 1. The quantitative estimate of drug-likeness (QED) is 0.634. The molecule has 2 aromatic rings. The number of hydrogen-bond donors (Lipinski definition) is 2. The van der Waals surface area contributed by atoms with Crippen LogP contribution < -0.4 is 16.0 Å². The maximum atomic E-state index is 13.5. The van der Waals surface area contributed by atoms with E-state index in [1.54, 1.807) is 18.2 Å². The highest BCUT2D eigenvalue weighted by atomic mass is 79.9. The summed E-state index contributed by atoms with van der Waals surface area (Å²) in [6.45, 7) is 0. The molecule has 0 atom stereocenters. The molecular weight excluding hydrogens is 371 g/mol. The Morgan fingerprint density at radius 1 is 1.33 bits per heavy atom. The zero-order valence-electron chi connectivity index (χ0n) is 8.82. The van der Waals surface area contributed by atoms with Crippen molar-refractivity contribution in [2.45, 2.75) is 0 Å². The monoisotopic (exact) mass is 376 g/mol. The van der Waals surface area contributed by atoms with Gasteiger partial charge in [-0.2, -0.15) is 9.37 Å². The zero-order valence-corrected chi connectivity index (χ0v) is 12.0. The first-order valence-electron chi connectivity index (χ1n) is 4.72. The van der Waals surface area contributed by atoms with E-state index in [0.717, 1.165) is 10.7 Å². The number of benzene rings is 1. The smallest absolute Gasteiger partial charge is 0.260 e. The molecule has 0 aliphatic heterocycles. The summed E-state index contributed by atoms with van der Waals surface area (Å²) in [5, 5.41) is 0. The number of nitrogens with two attached hydrogens (primary N) is 1. The van der Waals surface area contributed by atoms with E-state index >= 15 is 0 Å². The van der Waals surface area contributed by atoms with Crippen molar-refractivity contribution in [2.24, 2.45) is 5.84 Å². The largest absolute Gasteiger partial charge is 0.435 e. The Bertz CT molecular complexity index is 582. The third-order valence-electron chi connectivity index (χ3n) is 1.94. The van der Waals surface area contributed by atoms with E-state index in [1.165, 1.54) is 0 Å². The predicted octanol–water partition coefficient (Wildman–Crippen LogP) is 3.22. The molecule has 18 heavy (non-hydrogen) atoms. The molecule has 5 nitrogen and oxygen atoms in total. The van der Waals surface area contributed by atoms with Crippen molar-refractivity contribution in [2.75, 3.05) is 5.43 Å². The topological polar surface area (TPSA) is 73.1 Å². The molecular formula is C10H7Br2FN4O. The highest BCUT2D eigenvalue weighted by molar-refractivity contribution is 9.11. The highest BCUT2D eigenvalue weighted by Gasteiger charge is 2.11. The molecule has 0 fully saturated rings. The Labute approximate surface area is 119 Å². The van der Waals surface area contributed by atoms with Gasteiger partial charge in [-0.1, -0.05) is 15.9 Å². The van der Waals surface area contributed by atoms with Crippen molar-refractivity contribution in [3.05, 3.63) is 39.2 Å². The van der Waals surface area contributed by atoms with Crippen LogP contribution in [0.3, 0.4) is 0 Å². The molecule has 2 rings (SSSR count). The van der Waals surface area contributed by atoms with E-state index in [9.17, 15) is 4.39 Å². The fraction of sp³-hybridized carbons (Fsp3) is 0. The van der Waals surface area contributed by atoms with Crippen LogP contribution in [0.4, 0.5) is 10.3 Å². The molecule has 0 unspecified atom stereocenters. The van der Waals surface area contributed by atoms with Gasteiger partial charge >= 0.3 is 0 Å². The third kappa shape index (κ3) is 2.95. The van der Waals surface area contributed by atoms with Crippen LogP contribution in [-0.4, -0.2) is 9.97 Å². The zero-order chi connectivity index (χ0) is 13.1. The summed E-state index contributed by atoms with van der Waals surface area (Å²) in [5.41, 5.74) is 2.22. The van der Waals surface area contributed by atoms with Crippen LogP contribution in [0.25, 0.3) is 0 Å². The lowest BCUT2D eigenvalue weighted by atomic mass is 10.3. The Morgan fingerprint density at radius 3 is 2.78 bits per heavy atom. The van der Waals surface area contributed by atoms with E-state index in [0.29, 0.717) is 10.2 Å². The minimum Gasteiger partial charge on any atom is -0.435 e. The number of aromatic nitrogens is 2. The summed E-state index contributed by atoms with van der Waals surface area (Å²) >= 11 is 6.61. The van der Waals surface area contributed by atoms with Gasteiger partial charge in [0.1, 0.15) is 5.75 Å². The summed E-state index contributed by atoms with van der Waals surface area (Å²) in [6, 6.07) is 5.21. The van der Waals surface area contributed by atoms with Gasteiger partial charge in [-0.3, -0.25) is 5.43 Å². The van der Waals surface area contributed by atoms with E-state index in [2.05, 4.69) is 47.3 Å². The second kappa shape index (κ2) is 5.59. The minimum absolute atomic E-state index is 0.0691. The maximum absolute atomic E-state index is 13.5. The number of halogens is 3. The molecule has 0 radical (unpaired) electrons. The van der Waals surface area contributed by atoms with E-state index in [1.807, 2.05) is 0 Å². The van der Waals surface area contributed by atoms with Crippen molar-refractivity contribution >= 4 is 37.8 Å². The SMILES string of the molecule is NNc1ncc(F)c(Oc2ccc(Br)cc2Br)n1. The number of nitrogens with zero attached hydrogens (tertiary/aromatic N) is 2. The van der Waals surface area contributed by atoms with Crippen LogP contribution in [0.1, 0.15) is 0 Å². The summed E-state index contributed by atoms with van der Waals surface area (Å²) < 4.78 is 20.3. The van der Waals surface area contributed by atoms with Crippen molar-refractivity contribution in [3.63, 3.8) is 0 Å². The average Bonchev–Trinajstić information content (AvgIpc) is 2.35. The highest BCUT2D eigenvalue weighted by Crippen LogP contribution is 2.32.